The molecule has 5 aliphatic rings. The zero-order valence-corrected chi connectivity index (χ0v) is 29.7. The highest BCUT2D eigenvalue weighted by Gasteiger charge is 2.40. The lowest BCUT2D eigenvalue weighted by Gasteiger charge is -2.36. The number of carbonyl (C=O) groups excluding carboxylic acids is 2. The summed E-state index contributed by atoms with van der Waals surface area (Å²) < 4.78 is 5.00. The van der Waals surface area contributed by atoms with Crippen LogP contribution in [0.5, 0.6) is 0 Å². The van der Waals surface area contributed by atoms with E-state index < -0.39 is 0 Å². The molecule has 0 radical (unpaired) electrons. The SMILES string of the molecule is CCN(CC)CCn1c2c3c4c(cccc41)C(=O)NN=C3CC(C)(Cc1cc3c4c5c(n(CCN6CCCC6)c4c1)CCCC5=NNC3=O)C2. The number of nitrogens with one attached hydrogen (secondary N) is 2. The number of benzene rings is 2. The van der Waals surface area contributed by atoms with E-state index in [-0.39, 0.29) is 17.2 Å². The third-order valence-corrected chi connectivity index (χ3v) is 12.2. The van der Waals surface area contributed by atoms with Gasteiger partial charge in [-0.3, -0.25) is 9.59 Å². The van der Waals surface area contributed by atoms with Gasteiger partial charge in [0.05, 0.1) is 28.1 Å². The number of carbonyl (C=O) groups is 2. The van der Waals surface area contributed by atoms with Crippen molar-refractivity contribution in [1.82, 2.24) is 29.8 Å². The van der Waals surface area contributed by atoms with Crippen molar-refractivity contribution in [3.63, 3.8) is 0 Å². The van der Waals surface area contributed by atoms with Crippen LogP contribution < -0.4 is 10.9 Å². The molecule has 3 aliphatic heterocycles. The number of aromatic nitrogens is 2. The largest absolute Gasteiger partial charge is 0.343 e. The first-order valence-electron chi connectivity index (χ1n) is 18.9. The van der Waals surface area contributed by atoms with Gasteiger partial charge in [0.25, 0.3) is 11.8 Å². The molecule has 5 heterocycles. The van der Waals surface area contributed by atoms with Crippen molar-refractivity contribution >= 4 is 45.0 Å². The fourth-order valence-corrected chi connectivity index (χ4v) is 9.80. The Bertz CT molecular complexity index is 2130. The van der Waals surface area contributed by atoms with E-state index in [4.69, 9.17) is 5.10 Å². The zero-order valence-electron chi connectivity index (χ0n) is 29.7. The molecule has 2 aliphatic carbocycles. The highest BCUT2D eigenvalue weighted by atomic mass is 16.2. The van der Waals surface area contributed by atoms with E-state index >= 15 is 0 Å². The van der Waals surface area contributed by atoms with Gasteiger partial charge in [-0.15, -0.1) is 0 Å². The minimum atomic E-state index is -0.182. The van der Waals surface area contributed by atoms with Crippen LogP contribution in [0, 0.1) is 5.41 Å². The van der Waals surface area contributed by atoms with Crippen LogP contribution in [0.4, 0.5) is 0 Å². The molecule has 9 rings (SSSR count). The number of hydrogen-bond acceptors (Lipinski definition) is 6. The number of nitrogens with zero attached hydrogens (tertiary/aromatic N) is 6. The van der Waals surface area contributed by atoms with Crippen molar-refractivity contribution in [3.05, 3.63) is 69.5 Å². The number of likely N-dealkylation sites (tertiary alicyclic amines) is 1. The van der Waals surface area contributed by atoms with E-state index in [1.54, 1.807) is 0 Å². The predicted octanol–water partition coefficient (Wildman–Crippen LogP) is 5.46. The van der Waals surface area contributed by atoms with Crippen molar-refractivity contribution in [2.45, 2.75) is 85.2 Å². The van der Waals surface area contributed by atoms with E-state index in [0.717, 1.165) is 117 Å². The van der Waals surface area contributed by atoms with Crippen molar-refractivity contribution in [2.75, 3.05) is 39.3 Å². The minimum Gasteiger partial charge on any atom is -0.343 e. The Labute approximate surface area is 293 Å². The number of hydrogen-bond donors (Lipinski definition) is 2. The molecule has 10 heteroatoms. The van der Waals surface area contributed by atoms with Crippen LogP contribution in [-0.4, -0.2) is 81.4 Å². The van der Waals surface area contributed by atoms with E-state index in [0.29, 0.717) is 5.56 Å². The topological polar surface area (TPSA) is 99.3 Å². The average Bonchev–Trinajstić information content (AvgIpc) is 3.78. The Morgan fingerprint density at radius 2 is 1.50 bits per heavy atom. The average molecular weight is 673 g/mol. The molecule has 0 saturated carbocycles. The van der Waals surface area contributed by atoms with Crippen LogP contribution >= 0.6 is 0 Å². The lowest BCUT2D eigenvalue weighted by Crippen LogP contribution is -2.35. The maximum atomic E-state index is 13.7. The molecule has 2 amide bonds. The third-order valence-electron chi connectivity index (χ3n) is 12.2. The fraction of sp³-hybridized carbons (Fsp3) is 0.500. The van der Waals surface area contributed by atoms with Gasteiger partial charge in [0.1, 0.15) is 0 Å². The molecule has 1 saturated heterocycles. The minimum absolute atomic E-state index is 0.116. The molecule has 2 aromatic heterocycles. The van der Waals surface area contributed by atoms with E-state index in [2.05, 4.69) is 73.9 Å². The number of likely N-dealkylation sites (N-methyl/N-ethyl adjacent to an activating group) is 1. The van der Waals surface area contributed by atoms with Crippen LogP contribution in [0.1, 0.15) is 102 Å². The summed E-state index contributed by atoms with van der Waals surface area (Å²) in [5, 5.41) is 11.6. The van der Waals surface area contributed by atoms with Gasteiger partial charge in [0.2, 0.25) is 0 Å². The quantitative estimate of drug-likeness (QED) is 0.234. The third kappa shape index (κ3) is 5.05. The molecule has 260 valence electrons. The first-order chi connectivity index (χ1) is 24.4. The molecule has 0 bridgehead atoms. The summed E-state index contributed by atoms with van der Waals surface area (Å²) in [6, 6.07) is 10.6. The maximum Gasteiger partial charge on any atom is 0.272 e. The van der Waals surface area contributed by atoms with Gasteiger partial charge in [0, 0.05) is 65.0 Å². The van der Waals surface area contributed by atoms with Gasteiger partial charge in [-0.05, 0) is 113 Å². The fourth-order valence-electron chi connectivity index (χ4n) is 9.80. The summed E-state index contributed by atoms with van der Waals surface area (Å²) in [4.78, 5) is 32.1. The summed E-state index contributed by atoms with van der Waals surface area (Å²) in [6.07, 6.45) is 7.90. The molecular formula is C40H48N8O2. The Morgan fingerprint density at radius 1 is 0.780 bits per heavy atom. The molecular weight excluding hydrogens is 624 g/mol. The normalized spacial score (nSPS) is 21.4. The van der Waals surface area contributed by atoms with Crippen LogP contribution in [0.3, 0.4) is 0 Å². The summed E-state index contributed by atoms with van der Waals surface area (Å²) in [5.74, 6) is -0.260. The summed E-state index contributed by atoms with van der Waals surface area (Å²) in [7, 11) is 0. The molecule has 1 unspecified atom stereocenters. The van der Waals surface area contributed by atoms with Crippen LogP contribution in [-0.2, 0) is 32.4 Å². The predicted molar refractivity (Wildman–Crippen MR) is 198 cm³/mol. The van der Waals surface area contributed by atoms with Crippen LogP contribution in [0.2, 0.25) is 0 Å². The van der Waals surface area contributed by atoms with Crippen LogP contribution in [0.15, 0.2) is 40.5 Å². The second-order valence-corrected chi connectivity index (χ2v) is 15.5. The highest BCUT2D eigenvalue weighted by molar-refractivity contribution is 6.22. The van der Waals surface area contributed by atoms with Crippen molar-refractivity contribution in [2.24, 2.45) is 15.6 Å². The number of amides is 2. The number of rotatable bonds is 10. The van der Waals surface area contributed by atoms with Gasteiger partial charge in [0.15, 0.2) is 0 Å². The molecule has 1 fully saturated rings. The van der Waals surface area contributed by atoms with Gasteiger partial charge < -0.3 is 18.9 Å². The zero-order chi connectivity index (χ0) is 34.1. The molecule has 1 atom stereocenters. The van der Waals surface area contributed by atoms with E-state index in [1.807, 2.05) is 12.1 Å². The maximum absolute atomic E-state index is 13.7. The Kier molecular flexibility index (Phi) is 7.73. The standard InChI is InChI=1S/C40H48N8O2/c1-4-45(5-2)16-18-48-30-12-8-10-26-34(30)37-29(42-43-38(26)49)23-40(3,24-33(37)48)22-25-20-27-35-32(21-25)47(19-17-46-14-6-7-15-46)31-13-9-11-28(36(31)35)41-44-39(27)50/h8,10,12,20-21H,4-7,9,11,13-19,22-24H2,1-3H3,(H,43,49)(H,44,50). The van der Waals surface area contributed by atoms with Gasteiger partial charge in [-0.25, -0.2) is 10.9 Å². The first-order valence-corrected chi connectivity index (χ1v) is 18.9. The smallest absolute Gasteiger partial charge is 0.272 e. The first kappa shape index (κ1) is 31.7. The summed E-state index contributed by atoms with van der Waals surface area (Å²) >= 11 is 0. The molecule has 2 N–H and O–H groups in total. The summed E-state index contributed by atoms with van der Waals surface area (Å²) in [5.41, 5.74) is 17.4. The van der Waals surface area contributed by atoms with Gasteiger partial charge in [-0.1, -0.05) is 26.8 Å². The molecule has 0 spiro atoms. The van der Waals surface area contributed by atoms with Gasteiger partial charge >= 0.3 is 0 Å². The highest BCUT2D eigenvalue weighted by Crippen LogP contribution is 2.45. The molecule has 10 nitrogen and oxygen atoms in total. The van der Waals surface area contributed by atoms with E-state index in [9.17, 15) is 9.59 Å². The lowest BCUT2D eigenvalue weighted by molar-refractivity contribution is 0.0949. The Morgan fingerprint density at radius 3 is 2.30 bits per heavy atom. The Balaban J connectivity index is 1.14. The summed E-state index contributed by atoms with van der Waals surface area (Å²) in [6.45, 7) is 14.9. The molecule has 2 aromatic carbocycles. The number of hydrazone groups is 2. The molecule has 50 heavy (non-hydrogen) atoms. The second kappa shape index (κ2) is 12.2. The Hall–Kier alpha value is -4.28. The second-order valence-electron chi connectivity index (χ2n) is 15.5. The van der Waals surface area contributed by atoms with Crippen molar-refractivity contribution < 1.29 is 9.59 Å². The van der Waals surface area contributed by atoms with Crippen molar-refractivity contribution in [3.8, 4) is 0 Å². The lowest BCUT2D eigenvalue weighted by atomic mass is 9.70. The van der Waals surface area contributed by atoms with Crippen molar-refractivity contribution in [1.29, 1.82) is 0 Å². The van der Waals surface area contributed by atoms with Gasteiger partial charge in [-0.2, -0.15) is 10.2 Å². The van der Waals surface area contributed by atoms with E-state index in [1.165, 1.54) is 54.0 Å². The molecule has 4 aromatic rings. The monoisotopic (exact) mass is 672 g/mol. The van der Waals surface area contributed by atoms with Crippen LogP contribution in [0.25, 0.3) is 21.8 Å².